The van der Waals surface area contributed by atoms with Crippen LogP contribution in [0.3, 0.4) is 0 Å². The van der Waals surface area contributed by atoms with Crippen LogP contribution in [0.2, 0.25) is 0 Å². The van der Waals surface area contributed by atoms with E-state index >= 15 is 0 Å². The number of thioether (sulfide) groups is 1. The van der Waals surface area contributed by atoms with Crippen LogP contribution >= 0.6 is 11.8 Å². The quantitative estimate of drug-likeness (QED) is 0.637. The summed E-state index contributed by atoms with van der Waals surface area (Å²) in [5, 5.41) is 0. The molecule has 0 spiro atoms. The zero-order chi connectivity index (χ0) is 11.1. The zero-order valence-corrected chi connectivity index (χ0v) is 11.3. The van der Waals surface area contributed by atoms with Gasteiger partial charge in [-0.05, 0) is 38.9 Å². The summed E-state index contributed by atoms with van der Waals surface area (Å²) in [7, 11) is 0. The Morgan fingerprint density at radius 3 is 2.53 bits per heavy atom. The summed E-state index contributed by atoms with van der Waals surface area (Å²) < 4.78 is 0.230. The van der Waals surface area contributed by atoms with Crippen LogP contribution in [-0.2, 0) is 0 Å². The Morgan fingerprint density at radius 2 is 1.93 bits per heavy atom. The Morgan fingerprint density at radius 1 is 1.27 bits per heavy atom. The maximum absolute atomic E-state index is 4.76. The zero-order valence-electron chi connectivity index (χ0n) is 10.5. The van der Waals surface area contributed by atoms with E-state index in [4.69, 9.17) is 4.99 Å². The highest BCUT2D eigenvalue weighted by atomic mass is 32.2. The Bertz CT molecular complexity index is 193. The molecule has 0 bridgehead atoms. The van der Waals surface area contributed by atoms with Crippen molar-refractivity contribution in [3.63, 3.8) is 0 Å². The Labute approximate surface area is 99.1 Å². The molecule has 0 saturated heterocycles. The third-order valence-electron chi connectivity index (χ3n) is 2.85. The van der Waals surface area contributed by atoms with Gasteiger partial charge in [-0.25, -0.2) is 0 Å². The molecule has 0 N–H and O–H groups in total. The maximum Gasteiger partial charge on any atom is 0.0496 e. The molecule has 0 unspecified atom stereocenters. The van der Waals surface area contributed by atoms with E-state index in [1.54, 1.807) is 0 Å². The van der Waals surface area contributed by atoms with Crippen LogP contribution in [0.15, 0.2) is 4.99 Å². The molecule has 0 aromatic carbocycles. The summed E-state index contributed by atoms with van der Waals surface area (Å²) in [4.78, 5) is 4.76. The van der Waals surface area contributed by atoms with Gasteiger partial charge >= 0.3 is 0 Å². The first kappa shape index (κ1) is 13.1. The van der Waals surface area contributed by atoms with E-state index in [9.17, 15) is 0 Å². The van der Waals surface area contributed by atoms with Crippen LogP contribution in [0.1, 0.15) is 59.3 Å². The van der Waals surface area contributed by atoms with Gasteiger partial charge in [0.1, 0.15) is 0 Å². The molecule has 1 aliphatic carbocycles. The van der Waals surface area contributed by atoms with Crippen LogP contribution in [0.5, 0.6) is 0 Å². The molecule has 0 radical (unpaired) electrons. The monoisotopic (exact) mass is 227 g/mol. The molecule has 0 heterocycles. The van der Waals surface area contributed by atoms with Crippen molar-refractivity contribution in [1.29, 1.82) is 0 Å². The highest BCUT2D eigenvalue weighted by Crippen LogP contribution is 2.25. The highest BCUT2D eigenvalue weighted by Gasteiger charge is 2.17. The minimum Gasteiger partial charge on any atom is -0.293 e. The summed E-state index contributed by atoms with van der Waals surface area (Å²) in [5.41, 5.74) is 0. The van der Waals surface area contributed by atoms with Gasteiger partial charge in [0, 0.05) is 17.0 Å². The fraction of sp³-hybridized carbons (Fsp3) is 0.923. The van der Waals surface area contributed by atoms with Crippen molar-refractivity contribution in [3.8, 4) is 0 Å². The van der Waals surface area contributed by atoms with Gasteiger partial charge in [0.2, 0.25) is 0 Å². The fourth-order valence-electron chi connectivity index (χ4n) is 1.92. The van der Waals surface area contributed by atoms with E-state index in [1.165, 1.54) is 44.3 Å². The van der Waals surface area contributed by atoms with Gasteiger partial charge in [0.05, 0.1) is 0 Å². The lowest BCUT2D eigenvalue weighted by molar-refractivity contribution is 0.443. The molecule has 1 nitrogen and oxygen atoms in total. The molecule has 0 aromatic heterocycles. The van der Waals surface area contributed by atoms with Gasteiger partial charge in [0.15, 0.2) is 0 Å². The second-order valence-electron chi connectivity index (χ2n) is 5.02. The standard InChI is InChI=1S/C13H25NS/c1-4-10-15-13(2,3)11-14-12-8-6-5-7-9-12/h11-12H,4-10H2,1-3H3. The number of aliphatic imine (C=N–C) groups is 1. The summed E-state index contributed by atoms with van der Waals surface area (Å²) in [6.45, 7) is 6.79. The van der Waals surface area contributed by atoms with Crippen LogP contribution in [-0.4, -0.2) is 22.8 Å². The SMILES string of the molecule is CCCSC(C)(C)C=NC1CCCCC1. The lowest BCUT2D eigenvalue weighted by Gasteiger charge is -2.22. The average molecular weight is 227 g/mol. The summed E-state index contributed by atoms with van der Waals surface area (Å²) in [6.07, 6.45) is 10.2. The lowest BCUT2D eigenvalue weighted by atomic mass is 9.96. The number of rotatable bonds is 5. The largest absolute Gasteiger partial charge is 0.293 e. The summed E-state index contributed by atoms with van der Waals surface area (Å²) >= 11 is 2.02. The van der Waals surface area contributed by atoms with Gasteiger partial charge < -0.3 is 0 Å². The maximum atomic E-state index is 4.76. The molecule has 2 heteroatoms. The van der Waals surface area contributed by atoms with E-state index in [0.29, 0.717) is 6.04 Å². The first-order chi connectivity index (χ1) is 7.14. The summed E-state index contributed by atoms with van der Waals surface area (Å²) in [5.74, 6) is 1.24. The van der Waals surface area contributed by atoms with Crippen molar-refractivity contribution in [2.75, 3.05) is 5.75 Å². The van der Waals surface area contributed by atoms with Crippen LogP contribution in [0, 0.1) is 0 Å². The molecular formula is C13H25NS. The Balaban J connectivity index is 2.33. The second kappa shape index (κ2) is 6.57. The molecule has 1 rings (SSSR count). The molecular weight excluding hydrogens is 202 g/mol. The third-order valence-corrected chi connectivity index (χ3v) is 4.31. The van der Waals surface area contributed by atoms with Crippen LogP contribution in [0.25, 0.3) is 0 Å². The van der Waals surface area contributed by atoms with Crippen molar-refractivity contribution in [2.45, 2.75) is 70.1 Å². The molecule has 0 atom stereocenters. The highest BCUT2D eigenvalue weighted by molar-refractivity contribution is 8.01. The minimum atomic E-state index is 0.230. The Hall–Kier alpha value is 0.0200. The molecule has 15 heavy (non-hydrogen) atoms. The predicted octanol–water partition coefficient (Wildman–Crippen LogP) is 4.31. The molecule has 1 saturated carbocycles. The van der Waals surface area contributed by atoms with Crippen LogP contribution in [0.4, 0.5) is 0 Å². The van der Waals surface area contributed by atoms with Gasteiger partial charge in [-0.3, -0.25) is 4.99 Å². The van der Waals surface area contributed by atoms with Gasteiger partial charge in [0.25, 0.3) is 0 Å². The van der Waals surface area contributed by atoms with E-state index in [-0.39, 0.29) is 4.75 Å². The molecule has 88 valence electrons. The van der Waals surface area contributed by atoms with Gasteiger partial charge in [-0.2, -0.15) is 0 Å². The van der Waals surface area contributed by atoms with Gasteiger partial charge in [-0.15, -0.1) is 11.8 Å². The van der Waals surface area contributed by atoms with Crippen LogP contribution < -0.4 is 0 Å². The Kier molecular flexibility index (Phi) is 5.73. The first-order valence-electron chi connectivity index (χ1n) is 6.32. The molecule has 0 aliphatic heterocycles. The van der Waals surface area contributed by atoms with E-state index in [1.807, 2.05) is 11.8 Å². The van der Waals surface area contributed by atoms with Crippen molar-refractivity contribution < 1.29 is 0 Å². The number of hydrogen-bond acceptors (Lipinski definition) is 2. The van der Waals surface area contributed by atoms with Crippen molar-refractivity contribution in [3.05, 3.63) is 0 Å². The molecule has 1 fully saturated rings. The second-order valence-corrected chi connectivity index (χ2v) is 6.77. The third kappa shape index (κ3) is 5.60. The first-order valence-corrected chi connectivity index (χ1v) is 7.31. The normalized spacial score (nSPS) is 19.9. The van der Waals surface area contributed by atoms with E-state index < -0.39 is 0 Å². The average Bonchev–Trinajstić information content (AvgIpc) is 2.25. The van der Waals surface area contributed by atoms with E-state index in [2.05, 4.69) is 27.0 Å². The van der Waals surface area contributed by atoms with Gasteiger partial charge in [-0.1, -0.05) is 26.2 Å². The predicted molar refractivity (Wildman–Crippen MR) is 72.2 cm³/mol. The fourth-order valence-corrected chi connectivity index (χ4v) is 2.78. The van der Waals surface area contributed by atoms with Crippen molar-refractivity contribution >= 4 is 18.0 Å². The minimum absolute atomic E-state index is 0.230. The smallest absolute Gasteiger partial charge is 0.0496 e. The van der Waals surface area contributed by atoms with Crippen molar-refractivity contribution in [2.24, 2.45) is 4.99 Å². The molecule has 1 aliphatic rings. The number of hydrogen-bond donors (Lipinski definition) is 0. The van der Waals surface area contributed by atoms with E-state index in [0.717, 1.165) is 0 Å². The molecule has 0 aromatic rings. The lowest BCUT2D eigenvalue weighted by Crippen LogP contribution is -2.20. The summed E-state index contributed by atoms with van der Waals surface area (Å²) in [6, 6.07) is 0.625. The number of nitrogens with zero attached hydrogens (tertiary/aromatic N) is 1. The molecule has 0 amide bonds. The van der Waals surface area contributed by atoms with Crippen molar-refractivity contribution in [1.82, 2.24) is 0 Å². The topological polar surface area (TPSA) is 12.4 Å².